The van der Waals surface area contributed by atoms with Gasteiger partial charge < -0.3 is 10.0 Å². The number of rotatable bonds is 4. The summed E-state index contributed by atoms with van der Waals surface area (Å²) in [6.45, 7) is 6.23. The topological polar surface area (TPSA) is 56.7 Å². The van der Waals surface area contributed by atoms with Gasteiger partial charge in [0.25, 0.3) is 0 Å². The summed E-state index contributed by atoms with van der Waals surface area (Å²) in [5.41, 5.74) is 0.880. The first kappa shape index (κ1) is 14.4. The first-order valence-corrected chi connectivity index (χ1v) is 7.58. The molecule has 0 bridgehead atoms. The second-order valence-corrected chi connectivity index (χ2v) is 5.96. The van der Waals surface area contributed by atoms with Crippen molar-refractivity contribution in [3.8, 4) is 0 Å². The molecule has 1 aromatic rings. The first-order chi connectivity index (χ1) is 9.10. The summed E-state index contributed by atoms with van der Waals surface area (Å²) in [5, 5.41) is 11.0. The van der Waals surface area contributed by atoms with Crippen LogP contribution < -0.4 is 0 Å². The quantitative estimate of drug-likeness (QED) is 0.912. The van der Waals surface area contributed by atoms with E-state index in [1.165, 1.54) is 11.3 Å². The van der Waals surface area contributed by atoms with E-state index < -0.39 is 5.97 Å². The van der Waals surface area contributed by atoms with E-state index in [9.17, 15) is 4.79 Å². The van der Waals surface area contributed by atoms with E-state index in [0.29, 0.717) is 6.04 Å². The molecule has 1 fully saturated rings. The molecule has 0 aromatic carbocycles. The molecule has 6 heteroatoms. The van der Waals surface area contributed by atoms with Crippen LogP contribution in [0.2, 0.25) is 0 Å². The Morgan fingerprint density at radius 1 is 1.58 bits per heavy atom. The number of carbonyl (C=O) groups is 1. The largest absolute Gasteiger partial charge is 0.476 e. The van der Waals surface area contributed by atoms with E-state index in [4.69, 9.17) is 5.11 Å². The summed E-state index contributed by atoms with van der Waals surface area (Å²) in [6.07, 6.45) is 2.27. The molecule has 0 saturated carbocycles. The van der Waals surface area contributed by atoms with Crippen LogP contribution in [0.5, 0.6) is 0 Å². The summed E-state index contributed by atoms with van der Waals surface area (Å²) in [7, 11) is 2.16. The number of carboxylic acids is 1. The molecule has 106 valence electrons. The third kappa shape index (κ3) is 3.75. The van der Waals surface area contributed by atoms with Crippen molar-refractivity contribution in [2.45, 2.75) is 32.4 Å². The number of thiazole rings is 1. The molecule has 0 amide bonds. The number of hydrogen-bond donors (Lipinski definition) is 1. The molecule has 1 aliphatic rings. The minimum atomic E-state index is -0.932. The van der Waals surface area contributed by atoms with E-state index in [1.54, 1.807) is 0 Å². The molecule has 5 nitrogen and oxygen atoms in total. The molecule has 19 heavy (non-hydrogen) atoms. The third-order valence-electron chi connectivity index (χ3n) is 3.60. The van der Waals surface area contributed by atoms with Crippen molar-refractivity contribution in [2.24, 2.45) is 0 Å². The Morgan fingerprint density at radius 2 is 2.37 bits per heavy atom. The zero-order valence-corrected chi connectivity index (χ0v) is 12.3. The molecule has 0 spiro atoms. The van der Waals surface area contributed by atoms with Crippen LogP contribution in [-0.2, 0) is 6.54 Å². The van der Waals surface area contributed by atoms with Crippen LogP contribution in [0.1, 0.15) is 35.3 Å². The lowest BCUT2D eigenvalue weighted by molar-refractivity contribution is 0.0696. The lowest BCUT2D eigenvalue weighted by Crippen LogP contribution is -2.39. The predicted octanol–water partition coefficient (Wildman–Crippen LogP) is 1.76. The Labute approximate surface area is 117 Å². The molecular formula is C13H21N3O2S. The van der Waals surface area contributed by atoms with E-state index in [2.05, 4.69) is 28.8 Å². The van der Waals surface area contributed by atoms with Gasteiger partial charge in [0, 0.05) is 31.1 Å². The van der Waals surface area contributed by atoms with Crippen LogP contribution in [0, 0.1) is 0 Å². The van der Waals surface area contributed by atoms with Crippen molar-refractivity contribution < 1.29 is 9.90 Å². The van der Waals surface area contributed by atoms with Crippen molar-refractivity contribution in [3.05, 3.63) is 16.1 Å². The van der Waals surface area contributed by atoms with Gasteiger partial charge >= 0.3 is 5.97 Å². The highest BCUT2D eigenvalue weighted by molar-refractivity contribution is 7.11. The highest BCUT2D eigenvalue weighted by atomic mass is 32.1. The van der Waals surface area contributed by atoms with E-state index in [-0.39, 0.29) is 5.01 Å². The summed E-state index contributed by atoms with van der Waals surface area (Å²) < 4.78 is 0. The normalized spacial score (nSPS) is 22.3. The van der Waals surface area contributed by atoms with Crippen molar-refractivity contribution in [3.63, 3.8) is 0 Å². The monoisotopic (exact) mass is 283 g/mol. The Bertz CT molecular complexity index is 435. The predicted molar refractivity (Wildman–Crippen MR) is 75.7 cm³/mol. The first-order valence-electron chi connectivity index (χ1n) is 6.70. The van der Waals surface area contributed by atoms with Gasteiger partial charge in [-0.05, 0) is 26.4 Å². The second-order valence-electron chi connectivity index (χ2n) is 5.10. The summed E-state index contributed by atoms with van der Waals surface area (Å²) in [4.78, 5) is 19.8. The van der Waals surface area contributed by atoms with Crippen LogP contribution in [0.25, 0.3) is 0 Å². The van der Waals surface area contributed by atoms with Crippen molar-refractivity contribution in [2.75, 3.05) is 26.7 Å². The van der Waals surface area contributed by atoms with Crippen LogP contribution in [0.4, 0.5) is 0 Å². The average Bonchev–Trinajstić information content (AvgIpc) is 2.76. The third-order valence-corrected chi connectivity index (χ3v) is 4.47. The van der Waals surface area contributed by atoms with E-state index in [1.807, 2.05) is 5.38 Å². The van der Waals surface area contributed by atoms with Crippen LogP contribution in [0.3, 0.4) is 0 Å². The zero-order valence-electron chi connectivity index (χ0n) is 11.5. The van der Waals surface area contributed by atoms with Crippen LogP contribution >= 0.6 is 11.3 Å². The fourth-order valence-electron chi connectivity index (χ4n) is 2.57. The smallest absolute Gasteiger partial charge is 0.365 e. The molecule has 0 aliphatic carbocycles. The molecule has 2 heterocycles. The summed E-state index contributed by atoms with van der Waals surface area (Å²) >= 11 is 1.21. The number of aromatic nitrogens is 1. The Kier molecular flexibility index (Phi) is 4.90. The highest BCUT2D eigenvalue weighted by Crippen LogP contribution is 2.17. The molecule has 1 saturated heterocycles. The minimum absolute atomic E-state index is 0.190. The molecular weight excluding hydrogens is 262 g/mol. The average molecular weight is 283 g/mol. The minimum Gasteiger partial charge on any atom is -0.476 e. The molecule has 1 unspecified atom stereocenters. The van der Waals surface area contributed by atoms with Crippen molar-refractivity contribution in [1.29, 1.82) is 0 Å². The number of carboxylic acid groups (broad SMARTS) is 1. The Morgan fingerprint density at radius 3 is 3.00 bits per heavy atom. The lowest BCUT2D eigenvalue weighted by atomic mass is 10.2. The molecule has 1 aromatic heterocycles. The molecule has 1 atom stereocenters. The van der Waals surface area contributed by atoms with Gasteiger partial charge in [0.1, 0.15) is 0 Å². The van der Waals surface area contributed by atoms with Gasteiger partial charge in [0.05, 0.1) is 5.69 Å². The van der Waals surface area contributed by atoms with E-state index >= 15 is 0 Å². The fraction of sp³-hybridized carbons (Fsp3) is 0.692. The number of nitrogens with zero attached hydrogens (tertiary/aromatic N) is 3. The highest BCUT2D eigenvalue weighted by Gasteiger charge is 2.23. The van der Waals surface area contributed by atoms with Gasteiger partial charge in [-0.15, -0.1) is 11.3 Å². The Hall–Kier alpha value is -0.980. The summed E-state index contributed by atoms with van der Waals surface area (Å²) in [6, 6.07) is 0.530. The molecule has 0 radical (unpaired) electrons. The van der Waals surface area contributed by atoms with Crippen LogP contribution in [-0.4, -0.2) is 58.6 Å². The SMILES string of the molecule is CCC1CN(C)CCCN1Cc1csc(C(=O)O)n1. The van der Waals surface area contributed by atoms with Crippen LogP contribution in [0.15, 0.2) is 5.38 Å². The number of hydrogen-bond acceptors (Lipinski definition) is 5. The van der Waals surface area contributed by atoms with Gasteiger partial charge in [0.15, 0.2) is 0 Å². The molecule has 2 rings (SSSR count). The summed E-state index contributed by atoms with van der Waals surface area (Å²) in [5.74, 6) is -0.932. The number of aromatic carboxylic acids is 1. The van der Waals surface area contributed by atoms with Gasteiger partial charge in [-0.3, -0.25) is 4.90 Å². The van der Waals surface area contributed by atoms with Gasteiger partial charge in [-0.2, -0.15) is 0 Å². The Balaban J connectivity index is 2.04. The molecule has 1 N–H and O–H groups in total. The van der Waals surface area contributed by atoms with Crippen molar-refractivity contribution >= 4 is 17.3 Å². The zero-order chi connectivity index (χ0) is 13.8. The van der Waals surface area contributed by atoms with E-state index in [0.717, 1.165) is 44.7 Å². The maximum atomic E-state index is 10.9. The fourth-order valence-corrected chi connectivity index (χ4v) is 3.22. The lowest BCUT2D eigenvalue weighted by Gasteiger charge is -2.29. The number of likely N-dealkylation sites (N-methyl/N-ethyl adjacent to an activating group) is 1. The maximum absolute atomic E-state index is 10.9. The van der Waals surface area contributed by atoms with Gasteiger partial charge in [0.2, 0.25) is 5.01 Å². The maximum Gasteiger partial charge on any atom is 0.365 e. The van der Waals surface area contributed by atoms with Gasteiger partial charge in [-0.25, -0.2) is 9.78 Å². The van der Waals surface area contributed by atoms with Gasteiger partial charge in [-0.1, -0.05) is 6.92 Å². The standard InChI is InChI=1S/C13H21N3O2S/c1-3-11-8-15(2)5-4-6-16(11)7-10-9-19-12(14-10)13(17)18/h9,11H,3-8H2,1-2H3,(H,17,18). The molecule has 1 aliphatic heterocycles. The second kappa shape index (κ2) is 6.45. The van der Waals surface area contributed by atoms with Crippen molar-refractivity contribution in [1.82, 2.24) is 14.8 Å².